The van der Waals surface area contributed by atoms with Crippen LogP contribution in [0.2, 0.25) is 0 Å². The summed E-state index contributed by atoms with van der Waals surface area (Å²) in [6.07, 6.45) is 2.57. The van der Waals surface area contributed by atoms with Gasteiger partial charge in [-0.25, -0.2) is 0 Å². The van der Waals surface area contributed by atoms with E-state index in [-0.39, 0.29) is 30.2 Å². The largest absolute Gasteiger partial charge is 0.477 e. The van der Waals surface area contributed by atoms with Crippen LogP contribution < -0.4 is 15.0 Å². The van der Waals surface area contributed by atoms with Crippen LogP contribution in [-0.2, 0) is 9.59 Å². The van der Waals surface area contributed by atoms with E-state index in [0.29, 0.717) is 16.6 Å². The van der Waals surface area contributed by atoms with Gasteiger partial charge in [0.25, 0.3) is 5.91 Å². The first kappa shape index (κ1) is 24.8. The number of aromatic nitrogens is 3. The van der Waals surface area contributed by atoms with E-state index in [4.69, 9.17) is 4.74 Å². The van der Waals surface area contributed by atoms with Crippen LogP contribution in [-0.4, -0.2) is 51.0 Å². The van der Waals surface area contributed by atoms with Crippen LogP contribution >= 0.6 is 11.8 Å². The second kappa shape index (κ2) is 10.9. The Morgan fingerprint density at radius 2 is 1.91 bits per heavy atom. The van der Waals surface area contributed by atoms with Crippen molar-refractivity contribution in [3.8, 4) is 11.4 Å². The number of carbonyl (C=O) groups is 2. The Bertz CT molecular complexity index is 1210. The van der Waals surface area contributed by atoms with E-state index in [1.807, 2.05) is 42.7 Å². The molecule has 0 saturated carbocycles. The van der Waals surface area contributed by atoms with Crippen molar-refractivity contribution in [3.05, 3.63) is 59.9 Å². The molecule has 1 aliphatic rings. The molecule has 0 spiro atoms. The predicted molar refractivity (Wildman–Crippen MR) is 137 cm³/mol. The van der Waals surface area contributed by atoms with Crippen molar-refractivity contribution >= 4 is 29.3 Å². The number of ether oxygens (including phenoxy) is 1. The number of aryl methyl sites for hydroxylation is 2. The van der Waals surface area contributed by atoms with Crippen LogP contribution in [0.15, 0.2) is 53.9 Å². The second-order valence-corrected chi connectivity index (χ2v) is 9.58. The Kier molecular flexibility index (Phi) is 7.75. The smallest absolute Gasteiger partial charge is 0.263 e. The number of amides is 2. The lowest BCUT2D eigenvalue weighted by molar-refractivity contribution is -0.129. The van der Waals surface area contributed by atoms with E-state index in [2.05, 4.69) is 41.5 Å². The van der Waals surface area contributed by atoms with Gasteiger partial charge >= 0.3 is 0 Å². The van der Waals surface area contributed by atoms with Crippen molar-refractivity contribution in [2.45, 2.75) is 57.8 Å². The van der Waals surface area contributed by atoms with Crippen LogP contribution in [0.25, 0.3) is 5.69 Å². The van der Waals surface area contributed by atoms with Gasteiger partial charge in [0.2, 0.25) is 5.91 Å². The highest BCUT2D eigenvalue weighted by Crippen LogP contribution is 2.34. The molecule has 1 aliphatic heterocycles. The first-order valence-electron chi connectivity index (χ1n) is 11.9. The molecule has 2 aromatic carbocycles. The minimum atomic E-state index is -0.765. The molecule has 1 N–H and O–H groups in total. The number of anilines is 1. The van der Waals surface area contributed by atoms with Gasteiger partial charge in [-0.2, -0.15) is 0 Å². The maximum Gasteiger partial charge on any atom is 0.263 e. The van der Waals surface area contributed by atoms with Gasteiger partial charge in [0, 0.05) is 11.7 Å². The van der Waals surface area contributed by atoms with Crippen molar-refractivity contribution in [3.63, 3.8) is 0 Å². The molecule has 3 aromatic rings. The summed E-state index contributed by atoms with van der Waals surface area (Å²) < 4.78 is 7.85. The third-order valence-corrected chi connectivity index (χ3v) is 7.24. The lowest BCUT2D eigenvalue weighted by Gasteiger charge is -2.34. The summed E-state index contributed by atoms with van der Waals surface area (Å²) in [5, 5.41) is 11.9. The third kappa shape index (κ3) is 5.51. The average molecular weight is 494 g/mol. The molecule has 0 radical (unpaired) electrons. The highest BCUT2D eigenvalue weighted by molar-refractivity contribution is 7.99. The molecular weight excluding hydrogens is 462 g/mol. The minimum absolute atomic E-state index is 0.0831. The Balaban J connectivity index is 1.49. The molecule has 8 nitrogen and oxygen atoms in total. The zero-order valence-corrected chi connectivity index (χ0v) is 21.3. The van der Waals surface area contributed by atoms with E-state index in [1.54, 1.807) is 17.3 Å². The molecule has 1 atom stereocenters. The molecule has 184 valence electrons. The Morgan fingerprint density at radius 1 is 1.14 bits per heavy atom. The molecule has 0 saturated heterocycles. The van der Waals surface area contributed by atoms with Gasteiger partial charge in [-0.15, -0.1) is 10.2 Å². The first-order valence-corrected chi connectivity index (χ1v) is 12.9. The summed E-state index contributed by atoms with van der Waals surface area (Å²) in [7, 11) is 0. The molecule has 1 unspecified atom stereocenters. The normalized spacial score (nSPS) is 15.0. The fourth-order valence-electron chi connectivity index (χ4n) is 3.97. The Labute approximate surface area is 210 Å². The summed E-state index contributed by atoms with van der Waals surface area (Å²) in [5.41, 5.74) is 3.99. The molecule has 1 aromatic heterocycles. The van der Waals surface area contributed by atoms with Crippen LogP contribution in [0.1, 0.15) is 37.8 Å². The van der Waals surface area contributed by atoms with Crippen molar-refractivity contribution in [1.82, 2.24) is 20.1 Å². The van der Waals surface area contributed by atoms with Crippen molar-refractivity contribution in [1.29, 1.82) is 0 Å². The van der Waals surface area contributed by atoms with E-state index in [9.17, 15) is 9.59 Å². The number of thioether (sulfide) groups is 1. The predicted octanol–water partition coefficient (Wildman–Crippen LogP) is 4.08. The van der Waals surface area contributed by atoms with Crippen molar-refractivity contribution < 1.29 is 14.3 Å². The van der Waals surface area contributed by atoms with Gasteiger partial charge < -0.3 is 15.0 Å². The van der Waals surface area contributed by atoms with Gasteiger partial charge in [-0.1, -0.05) is 43.8 Å². The standard InChI is InChI=1S/C26H31N5O3S/c1-5-19(6-2)28-25(33)23-14-30(21-9-7-8-10-22(21)34-23)24(32)15-35-26-29-27-16-31(26)20-12-11-17(3)18(4)13-20/h7-13,16,19,23H,5-6,14-15H2,1-4H3,(H,28,33). The first-order chi connectivity index (χ1) is 16.9. The number of nitrogens with zero attached hydrogens (tertiary/aromatic N) is 4. The summed E-state index contributed by atoms with van der Waals surface area (Å²) in [4.78, 5) is 27.9. The second-order valence-electron chi connectivity index (χ2n) is 8.64. The summed E-state index contributed by atoms with van der Waals surface area (Å²) in [6.45, 7) is 8.36. The molecule has 2 amide bonds. The monoisotopic (exact) mass is 493 g/mol. The minimum Gasteiger partial charge on any atom is -0.477 e. The summed E-state index contributed by atoms with van der Waals surface area (Å²) in [5.74, 6) is 0.354. The lowest BCUT2D eigenvalue weighted by Crippen LogP contribution is -2.52. The number of carbonyl (C=O) groups excluding carboxylic acids is 2. The molecule has 0 bridgehead atoms. The number of benzene rings is 2. The molecule has 9 heteroatoms. The van der Waals surface area contributed by atoms with E-state index in [0.717, 1.165) is 18.5 Å². The van der Waals surface area contributed by atoms with Gasteiger partial charge in [0.15, 0.2) is 11.3 Å². The number of nitrogens with one attached hydrogen (secondary N) is 1. The topological polar surface area (TPSA) is 89.4 Å². The van der Waals surface area contributed by atoms with Crippen LogP contribution in [0.5, 0.6) is 5.75 Å². The highest BCUT2D eigenvalue weighted by Gasteiger charge is 2.34. The van der Waals surface area contributed by atoms with Crippen LogP contribution in [0.4, 0.5) is 5.69 Å². The van der Waals surface area contributed by atoms with E-state index in [1.165, 1.54) is 22.9 Å². The molecule has 35 heavy (non-hydrogen) atoms. The SMILES string of the molecule is CCC(CC)NC(=O)C1CN(C(=O)CSc2nncn2-c2ccc(C)c(C)c2)c2ccccc2O1. The number of fused-ring (bicyclic) bond motifs is 1. The Morgan fingerprint density at radius 3 is 2.66 bits per heavy atom. The fourth-order valence-corrected chi connectivity index (χ4v) is 4.78. The maximum atomic E-state index is 13.4. The van der Waals surface area contributed by atoms with Crippen molar-refractivity contribution in [2.75, 3.05) is 17.2 Å². The zero-order valence-electron chi connectivity index (χ0n) is 20.5. The molecular formula is C26H31N5O3S. The van der Waals surface area contributed by atoms with E-state index < -0.39 is 6.10 Å². The van der Waals surface area contributed by atoms with Gasteiger partial charge in [0.05, 0.1) is 18.0 Å². The number of hydrogen-bond donors (Lipinski definition) is 1. The highest BCUT2D eigenvalue weighted by atomic mass is 32.2. The molecule has 4 rings (SSSR count). The van der Waals surface area contributed by atoms with Gasteiger partial charge in [-0.3, -0.25) is 14.2 Å². The molecule has 0 fully saturated rings. The van der Waals surface area contributed by atoms with Gasteiger partial charge in [-0.05, 0) is 62.1 Å². The number of para-hydroxylation sites is 2. The summed E-state index contributed by atoms with van der Waals surface area (Å²) in [6, 6.07) is 13.5. The van der Waals surface area contributed by atoms with Crippen LogP contribution in [0, 0.1) is 13.8 Å². The zero-order chi connectivity index (χ0) is 24.9. The fraction of sp³-hybridized carbons (Fsp3) is 0.385. The molecule has 2 heterocycles. The Hall–Kier alpha value is -3.33. The molecule has 0 aliphatic carbocycles. The third-order valence-electron chi connectivity index (χ3n) is 6.31. The summed E-state index contributed by atoms with van der Waals surface area (Å²) >= 11 is 1.32. The van der Waals surface area contributed by atoms with Crippen LogP contribution in [0.3, 0.4) is 0 Å². The number of rotatable bonds is 8. The van der Waals surface area contributed by atoms with E-state index >= 15 is 0 Å². The van der Waals surface area contributed by atoms with Crippen molar-refractivity contribution in [2.24, 2.45) is 0 Å². The quantitative estimate of drug-likeness (QED) is 0.476. The maximum absolute atomic E-state index is 13.4. The average Bonchev–Trinajstić information content (AvgIpc) is 3.35. The number of hydrogen-bond acceptors (Lipinski definition) is 6. The lowest BCUT2D eigenvalue weighted by atomic mass is 10.1. The van der Waals surface area contributed by atoms with Gasteiger partial charge in [0.1, 0.15) is 12.1 Å².